The number of rotatable bonds is 6. The average Bonchev–Trinajstić information content (AvgIpc) is 2.69. The topological polar surface area (TPSA) is 41.1 Å². The van der Waals surface area contributed by atoms with Gasteiger partial charge in [-0.3, -0.25) is 4.79 Å². The Hall–Kier alpha value is -0.290. The van der Waals surface area contributed by atoms with Crippen LogP contribution in [0.3, 0.4) is 0 Å². The van der Waals surface area contributed by atoms with Gasteiger partial charge in [-0.05, 0) is 26.5 Å². The van der Waals surface area contributed by atoms with Gasteiger partial charge >= 0.3 is 0 Å². The monoisotopic (exact) mass is 296 g/mol. The molecule has 1 aromatic rings. The SMILES string of the molecule is CNC(C)CNC(=O)CCc1cc(Cl)cs1.Cl. The van der Waals surface area contributed by atoms with Crippen LogP contribution in [0, 0.1) is 0 Å². The number of nitrogens with one attached hydrogen (secondary N) is 2. The van der Waals surface area contributed by atoms with Crippen LogP contribution in [0.5, 0.6) is 0 Å². The lowest BCUT2D eigenvalue weighted by Gasteiger charge is -2.10. The molecule has 1 unspecified atom stereocenters. The Morgan fingerprint density at radius 1 is 1.59 bits per heavy atom. The van der Waals surface area contributed by atoms with Crippen molar-refractivity contribution >= 4 is 41.3 Å². The maximum Gasteiger partial charge on any atom is 0.220 e. The molecule has 0 saturated heterocycles. The molecule has 0 spiro atoms. The van der Waals surface area contributed by atoms with E-state index in [9.17, 15) is 4.79 Å². The first-order valence-corrected chi connectivity index (χ1v) is 6.54. The van der Waals surface area contributed by atoms with Crippen molar-refractivity contribution in [3.05, 3.63) is 21.3 Å². The summed E-state index contributed by atoms with van der Waals surface area (Å²) in [6.07, 6.45) is 1.28. The van der Waals surface area contributed by atoms with Gasteiger partial charge in [0.2, 0.25) is 5.91 Å². The normalized spacial score (nSPS) is 11.7. The van der Waals surface area contributed by atoms with Crippen molar-refractivity contribution in [1.82, 2.24) is 10.6 Å². The van der Waals surface area contributed by atoms with E-state index in [0.717, 1.165) is 16.3 Å². The van der Waals surface area contributed by atoms with E-state index in [1.165, 1.54) is 0 Å². The molecule has 0 bridgehead atoms. The molecular weight excluding hydrogens is 279 g/mol. The van der Waals surface area contributed by atoms with Crippen molar-refractivity contribution < 1.29 is 4.79 Å². The lowest BCUT2D eigenvalue weighted by atomic mass is 10.2. The predicted molar refractivity (Wildman–Crippen MR) is 76.4 cm³/mol. The molecule has 0 aliphatic carbocycles. The predicted octanol–water partition coefficient (Wildman–Crippen LogP) is 2.48. The van der Waals surface area contributed by atoms with Crippen molar-refractivity contribution in [2.75, 3.05) is 13.6 Å². The van der Waals surface area contributed by atoms with Crippen LogP contribution in [-0.2, 0) is 11.2 Å². The van der Waals surface area contributed by atoms with Crippen molar-refractivity contribution in [3.8, 4) is 0 Å². The molecular formula is C11H18Cl2N2OS. The zero-order chi connectivity index (χ0) is 12.0. The van der Waals surface area contributed by atoms with Gasteiger partial charge in [0.05, 0.1) is 5.02 Å². The first kappa shape index (κ1) is 16.7. The average molecular weight is 297 g/mol. The molecule has 0 aliphatic rings. The fourth-order valence-electron chi connectivity index (χ4n) is 1.18. The largest absolute Gasteiger partial charge is 0.355 e. The van der Waals surface area contributed by atoms with Gasteiger partial charge in [0.25, 0.3) is 0 Å². The van der Waals surface area contributed by atoms with Crippen LogP contribution in [-0.4, -0.2) is 25.5 Å². The molecule has 1 aromatic heterocycles. The van der Waals surface area contributed by atoms with Gasteiger partial charge in [-0.15, -0.1) is 23.7 Å². The Morgan fingerprint density at radius 3 is 2.82 bits per heavy atom. The van der Waals surface area contributed by atoms with E-state index < -0.39 is 0 Å². The highest BCUT2D eigenvalue weighted by Crippen LogP contribution is 2.20. The second-order valence-electron chi connectivity index (χ2n) is 3.73. The number of carbonyl (C=O) groups is 1. The summed E-state index contributed by atoms with van der Waals surface area (Å²) in [4.78, 5) is 12.6. The molecule has 2 N–H and O–H groups in total. The summed E-state index contributed by atoms with van der Waals surface area (Å²) in [5.41, 5.74) is 0. The van der Waals surface area contributed by atoms with Gasteiger partial charge < -0.3 is 10.6 Å². The molecule has 6 heteroatoms. The zero-order valence-corrected chi connectivity index (χ0v) is 12.3. The molecule has 98 valence electrons. The fraction of sp³-hybridized carbons (Fsp3) is 0.545. The van der Waals surface area contributed by atoms with Gasteiger partial charge in [-0.25, -0.2) is 0 Å². The zero-order valence-electron chi connectivity index (χ0n) is 9.96. The standard InChI is InChI=1S/C11H17ClN2OS.ClH/c1-8(13-2)6-14-11(15)4-3-10-5-9(12)7-16-10;/h5,7-8,13H,3-4,6H2,1-2H3,(H,14,15);1H. The van der Waals surface area contributed by atoms with Gasteiger partial charge in [0.1, 0.15) is 0 Å². The van der Waals surface area contributed by atoms with E-state index in [0.29, 0.717) is 19.0 Å². The number of amides is 1. The summed E-state index contributed by atoms with van der Waals surface area (Å²) in [6.45, 7) is 2.69. The number of hydrogen-bond acceptors (Lipinski definition) is 3. The number of halogens is 2. The first-order valence-electron chi connectivity index (χ1n) is 5.28. The molecule has 17 heavy (non-hydrogen) atoms. The van der Waals surface area contributed by atoms with Crippen LogP contribution in [0.4, 0.5) is 0 Å². The lowest BCUT2D eigenvalue weighted by Crippen LogP contribution is -2.37. The Bertz CT molecular complexity index is 344. The maximum absolute atomic E-state index is 11.5. The third-order valence-corrected chi connectivity index (χ3v) is 3.66. The molecule has 1 rings (SSSR count). The van der Waals surface area contributed by atoms with Gasteiger partial charge in [-0.2, -0.15) is 0 Å². The minimum absolute atomic E-state index is 0. The molecule has 3 nitrogen and oxygen atoms in total. The Labute approximate surface area is 117 Å². The van der Waals surface area contributed by atoms with Crippen LogP contribution >= 0.6 is 35.3 Å². The van der Waals surface area contributed by atoms with Crippen molar-refractivity contribution in [2.45, 2.75) is 25.8 Å². The summed E-state index contributed by atoms with van der Waals surface area (Å²) < 4.78 is 0. The van der Waals surface area contributed by atoms with Gasteiger partial charge in [-0.1, -0.05) is 11.6 Å². The van der Waals surface area contributed by atoms with E-state index in [4.69, 9.17) is 11.6 Å². The van der Waals surface area contributed by atoms with Gasteiger partial charge in [0, 0.05) is 29.3 Å². The number of thiophene rings is 1. The van der Waals surface area contributed by atoms with Crippen molar-refractivity contribution in [3.63, 3.8) is 0 Å². The Morgan fingerprint density at radius 2 is 2.29 bits per heavy atom. The summed E-state index contributed by atoms with van der Waals surface area (Å²) in [7, 11) is 1.88. The molecule has 0 aromatic carbocycles. The molecule has 1 atom stereocenters. The summed E-state index contributed by atoms with van der Waals surface area (Å²) in [6, 6.07) is 2.22. The minimum Gasteiger partial charge on any atom is -0.355 e. The number of aryl methyl sites for hydroxylation is 1. The smallest absolute Gasteiger partial charge is 0.220 e. The quantitative estimate of drug-likeness (QED) is 0.847. The Balaban J connectivity index is 0.00000256. The second kappa shape index (κ2) is 8.75. The van der Waals surface area contributed by atoms with E-state index in [1.807, 2.05) is 25.4 Å². The first-order chi connectivity index (χ1) is 7.61. The summed E-state index contributed by atoms with van der Waals surface area (Å²) in [5, 5.41) is 8.59. The van der Waals surface area contributed by atoms with Crippen molar-refractivity contribution in [2.24, 2.45) is 0 Å². The van der Waals surface area contributed by atoms with E-state index in [2.05, 4.69) is 10.6 Å². The highest BCUT2D eigenvalue weighted by atomic mass is 35.5. The third kappa shape index (κ3) is 6.88. The van der Waals surface area contributed by atoms with E-state index >= 15 is 0 Å². The van der Waals surface area contributed by atoms with E-state index in [-0.39, 0.29) is 18.3 Å². The molecule has 0 fully saturated rings. The van der Waals surface area contributed by atoms with Crippen LogP contribution < -0.4 is 10.6 Å². The molecule has 0 saturated carbocycles. The highest BCUT2D eigenvalue weighted by Gasteiger charge is 2.05. The van der Waals surface area contributed by atoms with Crippen LogP contribution in [0.15, 0.2) is 11.4 Å². The molecule has 1 amide bonds. The lowest BCUT2D eigenvalue weighted by molar-refractivity contribution is -0.121. The Kier molecular flexibility index (Phi) is 8.60. The second-order valence-corrected chi connectivity index (χ2v) is 5.16. The third-order valence-electron chi connectivity index (χ3n) is 2.32. The number of likely N-dealkylation sites (N-methyl/N-ethyl adjacent to an activating group) is 1. The van der Waals surface area contributed by atoms with Crippen LogP contribution in [0.2, 0.25) is 5.02 Å². The van der Waals surface area contributed by atoms with E-state index in [1.54, 1.807) is 11.3 Å². The van der Waals surface area contributed by atoms with Crippen LogP contribution in [0.1, 0.15) is 18.2 Å². The summed E-state index contributed by atoms with van der Waals surface area (Å²) in [5.74, 6) is 0.0895. The minimum atomic E-state index is 0. The molecule has 0 radical (unpaired) electrons. The molecule has 0 aliphatic heterocycles. The summed E-state index contributed by atoms with van der Waals surface area (Å²) >= 11 is 7.39. The maximum atomic E-state index is 11.5. The molecule has 1 heterocycles. The number of carbonyl (C=O) groups excluding carboxylic acids is 1. The highest BCUT2D eigenvalue weighted by molar-refractivity contribution is 7.10. The van der Waals surface area contributed by atoms with Gasteiger partial charge in [0.15, 0.2) is 0 Å². The fourth-order valence-corrected chi connectivity index (χ4v) is 2.26. The number of hydrogen-bond donors (Lipinski definition) is 2. The van der Waals surface area contributed by atoms with Crippen molar-refractivity contribution in [1.29, 1.82) is 0 Å². The van der Waals surface area contributed by atoms with Crippen LogP contribution in [0.25, 0.3) is 0 Å².